The zero-order valence-corrected chi connectivity index (χ0v) is 18.1. The van der Waals surface area contributed by atoms with Crippen LogP contribution < -0.4 is 5.32 Å². The molecule has 0 spiro atoms. The summed E-state index contributed by atoms with van der Waals surface area (Å²) in [4.78, 5) is 22.1. The number of hydrogen-bond donors (Lipinski definition) is 1. The summed E-state index contributed by atoms with van der Waals surface area (Å²) in [6, 6.07) is 9.35. The number of aryl methyl sites for hydroxylation is 2. The third-order valence-corrected chi connectivity index (χ3v) is 5.22. The highest BCUT2D eigenvalue weighted by Gasteiger charge is 2.21. The van der Waals surface area contributed by atoms with Crippen LogP contribution in [-0.2, 0) is 7.05 Å². The van der Waals surface area contributed by atoms with Gasteiger partial charge in [-0.2, -0.15) is 4.98 Å². The van der Waals surface area contributed by atoms with E-state index in [1.807, 2.05) is 17.7 Å². The molecule has 0 bridgehead atoms. The number of benzene rings is 2. The quantitative estimate of drug-likeness (QED) is 0.505. The van der Waals surface area contributed by atoms with E-state index in [1.165, 1.54) is 12.1 Å². The van der Waals surface area contributed by atoms with Gasteiger partial charge in [0.1, 0.15) is 17.7 Å². The topological polar surface area (TPSA) is 85.8 Å². The zero-order chi connectivity index (χ0) is 22.3. The highest BCUT2D eigenvalue weighted by Crippen LogP contribution is 2.32. The summed E-state index contributed by atoms with van der Waals surface area (Å²) in [5, 5.41) is 6.67. The molecule has 0 aliphatic rings. The minimum Gasteiger partial charge on any atom is -0.341 e. The average Bonchev–Trinajstić information content (AvgIpc) is 3.31. The van der Waals surface area contributed by atoms with Crippen LogP contribution in [0, 0.1) is 12.7 Å². The van der Waals surface area contributed by atoms with Gasteiger partial charge in [-0.3, -0.25) is 4.79 Å². The van der Waals surface area contributed by atoms with Gasteiger partial charge in [0.2, 0.25) is 5.89 Å². The number of carbonyl (C=O) groups is 1. The molecule has 0 aliphatic heterocycles. The smallest absolute Gasteiger partial charge is 0.252 e. The van der Waals surface area contributed by atoms with Crippen molar-refractivity contribution in [1.29, 1.82) is 0 Å². The fourth-order valence-electron chi connectivity index (χ4n) is 3.63. The Kier molecular flexibility index (Phi) is 5.31. The number of halogens is 1. The second-order valence-corrected chi connectivity index (χ2v) is 7.96. The molecule has 0 fully saturated rings. The minimum atomic E-state index is -0.448. The Morgan fingerprint density at radius 1 is 1.13 bits per heavy atom. The number of aromatic nitrogens is 4. The molecule has 1 amide bonds. The molecule has 7 nitrogen and oxygen atoms in total. The number of carbonyl (C=O) groups excluding carboxylic acids is 1. The summed E-state index contributed by atoms with van der Waals surface area (Å²) in [5.41, 5.74) is 3.63. The molecule has 0 saturated heterocycles. The molecule has 1 N–H and O–H groups in total. The van der Waals surface area contributed by atoms with E-state index in [1.54, 1.807) is 32.0 Å². The van der Waals surface area contributed by atoms with Crippen LogP contribution in [0.2, 0.25) is 0 Å². The van der Waals surface area contributed by atoms with Crippen molar-refractivity contribution < 1.29 is 13.7 Å². The Bertz CT molecular complexity index is 1260. The van der Waals surface area contributed by atoms with E-state index in [9.17, 15) is 9.18 Å². The number of amides is 1. The monoisotopic (exact) mass is 421 g/mol. The third kappa shape index (κ3) is 3.93. The fraction of sp³-hybridized carbons (Fsp3) is 0.304. The van der Waals surface area contributed by atoms with Crippen LogP contribution >= 0.6 is 0 Å². The lowest BCUT2D eigenvalue weighted by Gasteiger charge is -2.12. The Balaban J connectivity index is 1.80. The van der Waals surface area contributed by atoms with Crippen molar-refractivity contribution in [2.45, 2.75) is 39.7 Å². The summed E-state index contributed by atoms with van der Waals surface area (Å²) in [7, 11) is 1.94. The first-order chi connectivity index (χ1) is 14.7. The van der Waals surface area contributed by atoms with E-state index in [2.05, 4.69) is 29.3 Å². The van der Waals surface area contributed by atoms with Crippen molar-refractivity contribution in [2.24, 2.45) is 7.05 Å². The van der Waals surface area contributed by atoms with Crippen LogP contribution in [0.3, 0.4) is 0 Å². The van der Waals surface area contributed by atoms with Gasteiger partial charge in [-0.1, -0.05) is 31.1 Å². The summed E-state index contributed by atoms with van der Waals surface area (Å²) >= 11 is 0. The van der Waals surface area contributed by atoms with E-state index in [-0.39, 0.29) is 17.6 Å². The SMILES string of the molecule is Cc1noc([C@@H](C)NC(=O)c2cc(-c3ccc(F)cc3)c3nc(C(C)C)n(C)c3c2)n1. The number of nitrogens with one attached hydrogen (secondary N) is 1. The first kappa shape index (κ1) is 20.7. The maximum Gasteiger partial charge on any atom is 0.252 e. The Morgan fingerprint density at radius 3 is 2.45 bits per heavy atom. The summed E-state index contributed by atoms with van der Waals surface area (Å²) in [6.45, 7) is 7.64. The van der Waals surface area contributed by atoms with Gasteiger partial charge in [0.15, 0.2) is 5.82 Å². The summed E-state index contributed by atoms with van der Waals surface area (Å²) in [6.07, 6.45) is 0. The molecule has 4 rings (SSSR count). The molecular weight excluding hydrogens is 397 g/mol. The maximum absolute atomic E-state index is 13.5. The fourth-order valence-corrected chi connectivity index (χ4v) is 3.63. The molecule has 0 radical (unpaired) electrons. The summed E-state index contributed by atoms with van der Waals surface area (Å²) < 4.78 is 20.7. The third-order valence-electron chi connectivity index (χ3n) is 5.22. The van der Waals surface area contributed by atoms with Gasteiger partial charge in [0.25, 0.3) is 5.91 Å². The predicted molar refractivity (Wildman–Crippen MR) is 115 cm³/mol. The van der Waals surface area contributed by atoms with E-state index in [4.69, 9.17) is 9.51 Å². The molecule has 0 aliphatic carbocycles. The lowest BCUT2D eigenvalue weighted by molar-refractivity contribution is 0.0932. The Hall–Kier alpha value is -3.55. The van der Waals surface area contributed by atoms with Crippen LogP contribution in [0.25, 0.3) is 22.2 Å². The molecule has 2 aromatic heterocycles. The van der Waals surface area contributed by atoms with Crippen LogP contribution in [0.15, 0.2) is 40.9 Å². The van der Waals surface area contributed by atoms with E-state index >= 15 is 0 Å². The van der Waals surface area contributed by atoms with Gasteiger partial charge in [-0.15, -0.1) is 0 Å². The molecule has 8 heteroatoms. The van der Waals surface area contributed by atoms with Gasteiger partial charge in [-0.25, -0.2) is 9.37 Å². The van der Waals surface area contributed by atoms with Crippen molar-refractivity contribution in [3.63, 3.8) is 0 Å². The first-order valence-corrected chi connectivity index (χ1v) is 10.1. The average molecular weight is 421 g/mol. The lowest BCUT2D eigenvalue weighted by atomic mass is 10.0. The van der Waals surface area contributed by atoms with E-state index in [0.717, 1.165) is 28.0 Å². The van der Waals surface area contributed by atoms with Gasteiger partial charge in [-0.05, 0) is 43.7 Å². The number of imidazole rings is 1. The molecular formula is C23H24FN5O2. The normalized spacial score (nSPS) is 12.5. The van der Waals surface area contributed by atoms with Crippen molar-refractivity contribution in [3.05, 3.63) is 65.3 Å². The van der Waals surface area contributed by atoms with Crippen LogP contribution in [0.1, 0.15) is 60.6 Å². The first-order valence-electron chi connectivity index (χ1n) is 10.1. The van der Waals surface area contributed by atoms with Crippen molar-refractivity contribution in [1.82, 2.24) is 25.0 Å². The van der Waals surface area contributed by atoms with Crippen LogP contribution in [-0.4, -0.2) is 25.6 Å². The van der Waals surface area contributed by atoms with Crippen molar-refractivity contribution in [3.8, 4) is 11.1 Å². The van der Waals surface area contributed by atoms with Crippen molar-refractivity contribution in [2.75, 3.05) is 0 Å². The maximum atomic E-state index is 13.5. The largest absolute Gasteiger partial charge is 0.341 e. The standard InChI is InChI=1S/C23H24FN5O2/c1-12(2)21-27-20-18(15-6-8-17(24)9-7-15)10-16(11-19(20)29(21)5)22(30)25-13(3)23-26-14(4)28-31-23/h6-13H,1-5H3,(H,25,30)/t13-/m1/s1. The summed E-state index contributed by atoms with van der Waals surface area (Å²) in [5.74, 6) is 1.37. The molecule has 2 heterocycles. The lowest BCUT2D eigenvalue weighted by Crippen LogP contribution is -2.27. The van der Waals surface area contributed by atoms with E-state index < -0.39 is 6.04 Å². The van der Waals surface area contributed by atoms with Crippen LogP contribution in [0.5, 0.6) is 0 Å². The number of nitrogens with zero attached hydrogens (tertiary/aromatic N) is 4. The zero-order valence-electron chi connectivity index (χ0n) is 18.1. The molecule has 1 atom stereocenters. The van der Waals surface area contributed by atoms with Gasteiger partial charge >= 0.3 is 0 Å². The highest BCUT2D eigenvalue weighted by molar-refractivity contribution is 6.02. The Morgan fingerprint density at radius 2 is 1.84 bits per heavy atom. The second-order valence-electron chi connectivity index (χ2n) is 7.96. The molecule has 2 aromatic carbocycles. The van der Waals surface area contributed by atoms with Gasteiger partial charge in [0.05, 0.1) is 11.0 Å². The molecule has 4 aromatic rings. The van der Waals surface area contributed by atoms with Gasteiger partial charge < -0.3 is 14.4 Å². The molecule has 160 valence electrons. The second kappa shape index (κ2) is 7.94. The van der Waals surface area contributed by atoms with Crippen LogP contribution in [0.4, 0.5) is 4.39 Å². The van der Waals surface area contributed by atoms with Gasteiger partial charge in [0, 0.05) is 24.1 Å². The minimum absolute atomic E-state index is 0.205. The molecule has 31 heavy (non-hydrogen) atoms. The molecule has 0 unspecified atom stereocenters. The van der Waals surface area contributed by atoms with Crippen molar-refractivity contribution >= 4 is 16.9 Å². The molecule has 0 saturated carbocycles. The number of rotatable bonds is 5. The number of fused-ring (bicyclic) bond motifs is 1. The predicted octanol–water partition coefficient (Wildman–Crippen LogP) is 4.69. The highest BCUT2D eigenvalue weighted by atomic mass is 19.1. The Labute approximate surface area is 179 Å². The number of hydrogen-bond acceptors (Lipinski definition) is 5. The van der Waals surface area contributed by atoms with E-state index in [0.29, 0.717) is 17.3 Å².